The summed E-state index contributed by atoms with van der Waals surface area (Å²) in [6.07, 6.45) is 0. The lowest BCUT2D eigenvalue weighted by Crippen LogP contribution is -2.50. The third kappa shape index (κ3) is 4.17. The summed E-state index contributed by atoms with van der Waals surface area (Å²) >= 11 is 15.4. The molecule has 0 spiro atoms. The first kappa shape index (κ1) is 18.2. The van der Waals surface area contributed by atoms with Crippen LogP contribution in [0, 0.1) is 0 Å². The summed E-state index contributed by atoms with van der Waals surface area (Å²) in [4.78, 5) is 28.6. The number of piperazine rings is 1. The molecule has 1 saturated heterocycles. The van der Waals surface area contributed by atoms with Gasteiger partial charge in [-0.05, 0) is 42.5 Å². The van der Waals surface area contributed by atoms with Crippen LogP contribution < -0.4 is 0 Å². The van der Waals surface area contributed by atoms with Crippen molar-refractivity contribution in [3.05, 3.63) is 68.1 Å². The van der Waals surface area contributed by atoms with Crippen LogP contribution in [0.5, 0.6) is 0 Å². The Balaban J connectivity index is 1.65. The third-order valence-corrected chi connectivity index (χ3v) is 5.20. The van der Waals surface area contributed by atoms with Gasteiger partial charge in [-0.25, -0.2) is 0 Å². The molecule has 0 bridgehead atoms. The Hall–Kier alpha value is -1.56. The van der Waals surface area contributed by atoms with Crippen molar-refractivity contribution in [2.45, 2.75) is 0 Å². The first-order valence-corrected chi connectivity index (χ1v) is 9.30. The van der Waals surface area contributed by atoms with Crippen molar-refractivity contribution in [3.8, 4) is 0 Å². The van der Waals surface area contributed by atoms with Crippen molar-refractivity contribution in [1.82, 2.24) is 9.80 Å². The zero-order valence-corrected chi connectivity index (χ0v) is 16.3. The van der Waals surface area contributed by atoms with Crippen molar-refractivity contribution >= 4 is 50.9 Å². The molecule has 1 heterocycles. The fraction of sp³-hybridized carbons (Fsp3) is 0.222. The fourth-order valence-electron chi connectivity index (χ4n) is 2.72. The van der Waals surface area contributed by atoms with E-state index in [4.69, 9.17) is 23.2 Å². The van der Waals surface area contributed by atoms with Gasteiger partial charge in [-0.3, -0.25) is 9.59 Å². The van der Waals surface area contributed by atoms with Crippen molar-refractivity contribution in [2.24, 2.45) is 0 Å². The second kappa shape index (κ2) is 7.77. The highest BCUT2D eigenvalue weighted by Crippen LogP contribution is 2.23. The second-order valence-electron chi connectivity index (χ2n) is 5.72. The Bertz CT molecular complexity index is 803. The highest BCUT2D eigenvalue weighted by atomic mass is 79.9. The second-order valence-corrected chi connectivity index (χ2v) is 7.47. The lowest BCUT2D eigenvalue weighted by atomic mass is 10.1. The molecule has 0 aliphatic carbocycles. The zero-order valence-electron chi connectivity index (χ0n) is 13.2. The molecular weight excluding hydrogens is 427 g/mol. The van der Waals surface area contributed by atoms with Crippen LogP contribution in [0.3, 0.4) is 0 Å². The quantitative estimate of drug-likeness (QED) is 0.694. The Labute approximate surface area is 164 Å². The van der Waals surface area contributed by atoms with E-state index >= 15 is 0 Å². The Kier molecular flexibility index (Phi) is 5.67. The average molecular weight is 442 g/mol. The highest BCUT2D eigenvalue weighted by molar-refractivity contribution is 9.10. The van der Waals surface area contributed by atoms with Gasteiger partial charge in [0.2, 0.25) is 0 Å². The van der Waals surface area contributed by atoms with Gasteiger partial charge in [-0.2, -0.15) is 0 Å². The minimum absolute atomic E-state index is 0.0274. The standard InChI is InChI=1S/C18H15BrCl2N2O2/c19-13-3-1-12(2-4-13)17(24)22-7-9-23(10-8-22)18(25)15-11-14(20)5-6-16(15)21/h1-6,11H,7-10H2. The number of nitrogens with zero attached hydrogens (tertiary/aromatic N) is 2. The van der Waals surface area contributed by atoms with Gasteiger partial charge in [0.1, 0.15) is 0 Å². The maximum Gasteiger partial charge on any atom is 0.255 e. The van der Waals surface area contributed by atoms with Crippen LogP contribution in [0.4, 0.5) is 0 Å². The van der Waals surface area contributed by atoms with Gasteiger partial charge in [0.05, 0.1) is 10.6 Å². The lowest BCUT2D eigenvalue weighted by molar-refractivity contribution is 0.0535. The van der Waals surface area contributed by atoms with E-state index in [0.29, 0.717) is 47.4 Å². The van der Waals surface area contributed by atoms with E-state index in [1.807, 2.05) is 12.1 Å². The maximum absolute atomic E-state index is 12.6. The number of benzene rings is 2. The molecule has 2 aromatic rings. The molecule has 0 atom stereocenters. The molecular formula is C18H15BrCl2N2O2. The van der Waals surface area contributed by atoms with Gasteiger partial charge < -0.3 is 9.80 Å². The lowest BCUT2D eigenvalue weighted by Gasteiger charge is -2.35. The number of hydrogen-bond donors (Lipinski definition) is 0. The molecule has 2 aromatic carbocycles. The first-order valence-electron chi connectivity index (χ1n) is 7.75. The van der Waals surface area contributed by atoms with Crippen LogP contribution in [0.1, 0.15) is 20.7 Å². The molecule has 0 N–H and O–H groups in total. The van der Waals surface area contributed by atoms with Gasteiger partial charge in [-0.15, -0.1) is 0 Å². The third-order valence-electron chi connectivity index (χ3n) is 4.10. The minimum atomic E-state index is -0.164. The van der Waals surface area contributed by atoms with Crippen LogP contribution in [0.25, 0.3) is 0 Å². The van der Waals surface area contributed by atoms with Gasteiger partial charge >= 0.3 is 0 Å². The number of carbonyl (C=O) groups excluding carboxylic acids is 2. The summed E-state index contributed by atoms with van der Waals surface area (Å²) in [6, 6.07) is 12.1. The average Bonchev–Trinajstić information content (AvgIpc) is 2.63. The Morgan fingerprint density at radius 2 is 1.40 bits per heavy atom. The number of amides is 2. The molecule has 3 rings (SSSR count). The van der Waals surface area contributed by atoms with Crippen LogP contribution in [0.2, 0.25) is 10.0 Å². The molecule has 130 valence electrons. The zero-order chi connectivity index (χ0) is 18.0. The van der Waals surface area contributed by atoms with E-state index in [-0.39, 0.29) is 11.8 Å². The number of carbonyl (C=O) groups is 2. The molecule has 0 radical (unpaired) electrons. The fourth-order valence-corrected chi connectivity index (χ4v) is 3.35. The van der Waals surface area contributed by atoms with Gasteiger partial charge in [0, 0.05) is 41.2 Å². The number of rotatable bonds is 2. The Morgan fingerprint density at radius 1 is 0.840 bits per heavy atom. The normalized spacial score (nSPS) is 14.5. The van der Waals surface area contributed by atoms with Gasteiger partial charge in [0.15, 0.2) is 0 Å². The van der Waals surface area contributed by atoms with Crippen molar-refractivity contribution < 1.29 is 9.59 Å². The minimum Gasteiger partial charge on any atom is -0.335 e. The predicted molar refractivity (Wildman–Crippen MR) is 102 cm³/mol. The van der Waals surface area contributed by atoms with Crippen molar-refractivity contribution in [2.75, 3.05) is 26.2 Å². The summed E-state index contributed by atoms with van der Waals surface area (Å²) in [5.74, 6) is -0.191. The van der Waals surface area contributed by atoms with Crippen LogP contribution in [-0.4, -0.2) is 47.8 Å². The first-order chi connectivity index (χ1) is 12.0. The van der Waals surface area contributed by atoms with E-state index in [9.17, 15) is 9.59 Å². The van der Waals surface area contributed by atoms with Crippen molar-refractivity contribution in [3.63, 3.8) is 0 Å². The van der Waals surface area contributed by atoms with E-state index in [1.165, 1.54) is 0 Å². The molecule has 25 heavy (non-hydrogen) atoms. The summed E-state index contributed by atoms with van der Waals surface area (Å²) in [5, 5.41) is 0.847. The van der Waals surface area contributed by atoms with E-state index in [0.717, 1.165) is 4.47 Å². The molecule has 0 unspecified atom stereocenters. The molecule has 7 heteroatoms. The summed E-state index contributed by atoms with van der Waals surface area (Å²) in [7, 11) is 0. The molecule has 2 amide bonds. The highest BCUT2D eigenvalue weighted by Gasteiger charge is 2.26. The SMILES string of the molecule is O=C(c1ccc(Br)cc1)N1CCN(C(=O)c2cc(Cl)ccc2Cl)CC1. The molecule has 1 aliphatic rings. The maximum atomic E-state index is 12.6. The molecule has 1 fully saturated rings. The van der Waals surface area contributed by atoms with E-state index in [1.54, 1.807) is 40.1 Å². The summed E-state index contributed by atoms with van der Waals surface area (Å²) in [6.45, 7) is 1.89. The monoisotopic (exact) mass is 440 g/mol. The molecule has 1 aliphatic heterocycles. The van der Waals surface area contributed by atoms with Crippen LogP contribution in [-0.2, 0) is 0 Å². The van der Waals surface area contributed by atoms with Crippen LogP contribution >= 0.6 is 39.1 Å². The van der Waals surface area contributed by atoms with Gasteiger partial charge in [-0.1, -0.05) is 39.1 Å². The summed E-state index contributed by atoms with van der Waals surface area (Å²) in [5.41, 5.74) is 1.03. The largest absolute Gasteiger partial charge is 0.335 e. The van der Waals surface area contributed by atoms with E-state index in [2.05, 4.69) is 15.9 Å². The topological polar surface area (TPSA) is 40.6 Å². The smallest absolute Gasteiger partial charge is 0.255 e. The summed E-state index contributed by atoms with van der Waals surface area (Å²) < 4.78 is 0.929. The number of hydrogen-bond acceptors (Lipinski definition) is 2. The predicted octanol–water partition coefficient (Wildman–Crippen LogP) is 4.35. The van der Waals surface area contributed by atoms with Crippen molar-refractivity contribution in [1.29, 1.82) is 0 Å². The Morgan fingerprint density at radius 3 is 2.00 bits per heavy atom. The molecule has 0 saturated carbocycles. The number of halogens is 3. The molecule has 4 nitrogen and oxygen atoms in total. The van der Waals surface area contributed by atoms with Crippen LogP contribution in [0.15, 0.2) is 46.9 Å². The van der Waals surface area contributed by atoms with E-state index < -0.39 is 0 Å². The molecule has 0 aromatic heterocycles. The van der Waals surface area contributed by atoms with Gasteiger partial charge in [0.25, 0.3) is 11.8 Å².